The predicted octanol–water partition coefficient (Wildman–Crippen LogP) is 0.934. The highest BCUT2D eigenvalue weighted by atomic mass is 16.1. The van der Waals surface area contributed by atoms with Gasteiger partial charge in [-0.15, -0.1) is 0 Å². The lowest BCUT2D eigenvalue weighted by Crippen LogP contribution is -2.23. The lowest BCUT2D eigenvalue weighted by Gasteiger charge is -2.05. The number of nitrogen functional groups attached to an aromatic ring is 1. The molecule has 0 aromatic carbocycles. The molecule has 0 bridgehead atoms. The fourth-order valence-corrected chi connectivity index (χ4v) is 1.69. The number of nitrogens with zero attached hydrogens (tertiary/aromatic N) is 2. The SMILES string of the molecule is Cc1n[nH]c(C)c1CNC(=O)c1cncc(N)c1. The Morgan fingerprint density at radius 1 is 1.44 bits per heavy atom. The number of aromatic amines is 1. The summed E-state index contributed by atoms with van der Waals surface area (Å²) < 4.78 is 0. The maximum Gasteiger partial charge on any atom is 0.253 e. The summed E-state index contributed by atoms with van der Waals surface area (Å²) in [6.45, 7) is 4.25. The first-order valence-corrected chi connectivity index (χ1v) is 5.57. The van der Waals surface area contributed by atoms with Gasteiger partial charge in [-0.3, -0.25) is 14.9 Å². The third-order valence-electron chi connectivity index (χ3n) is 2.73. The van der Waals surface area contributed by atoms with Crippen molar-refractivity contribution < 1.29 is 4.79 Å². The van der Waals surface area contributed by atoms with Crippen molar-refractivity contribution in [1.82, 2.24) is 20.5 Å². The first-order valence-electron chi connectivity index (χ1n) is 5.57. The number of nitrogens with one attached hydrogen (secondary N) is 2. The van der Waals surface area contributed by atoms with Gasteiger partial charge in [0, 0.05) is 30.2 Å². The molecular weight excluding hydrogens is 230 g/mol. The van der Waals surface area contributed by atoms with Crippen molar-refractivity contribution in [3.63, 3.8) is 0 Å². The number of hydrogen-bond donors (Lipinski definition) is 3. The lowest BCUT2D eigenvalue weighted by molar-refractivity contribution is 0.0950. The van der Waals surface area contributed by atoms with Crippen molar-refractivity contribution in [2.75, 3.05) is 5.73 Å². The monoisotopic (exact) mass is 245 g/mol. The maximum absolute atomic E-state index is 11.9. The zero-order valence-electron chi connectivity index (χ0n) is 10.3. The van der Waals surface area contributed by atoms with E-state index >= 15 is 0 Å². The number of H-pyrrole nitrogens is 1. The maximum atomic E-state index is 11.9. The van der Waals surface area contributed by atoms with Crippen LogP contribution >= 0.6 is 0 Å². The summed E-state index contributed by atoms with van der Waals surface area (Å²) in [5, 5.41) is 9.76. The van der Waals surface area contributed by atoms with Gasteiger partial charge >= 0.3 is 0 Å². The van der Waals surface area contributed by atoms with Gasteiger partial charge in [0.15, 0.2) is 0 Å². The molecule has 0 aliphatic rings. The van der Waals surface area contributed by atoms with Gasteiger partial charge < -0.3 is 11.1 Å². The third kappa shape index (κ3) is 2.48. The van der Waals surface area contributed by atoms with Gasteiger partial charge in [0.1, 0.15) is 0 Å². The highest BCUT2D eigenvalue weighted by Gasteiger charge is 2.10. The Kier molecular flexibility index (Phi) is 3.27. The van der Waals surface area contributed by atoms with Crippen molar-refractivity contribution in [3.05, 3.63) is 41.0 Å². The molecule has 2 aromatic rings. The van der Waals surface area contributed by atoms with Crippen LogP contribution in [0.3, 0.4) is 0 Å². The second kappa shape index (κ2) is 4.87. The van der Waals surface area contributed by atoms with Crippen LogP contribution in [0.2, 0.25) is 0 Å². The van der Waals surface area contributed by atoms with Crippen LogP contribution in [0.4, 0.5) is 5.69 Å². The fraction of sp³-hybridized carbons (Fsp3) is 0.250. The van der Waals surface area contributed by atoms with E-state index < -0.39 is 0 Å². The average molecular weight is 245 g/mol. The Balaban J connectivity index is 2.05. The van der Waals surface area contributed by atoms with E-state index in [9.17, 15) is 4.79 Å². The minimum Gasteiger partial charge on any atom is -0.397 e. The molecule has 0 aliphatic heterocycles. The third-order valence-corrected chi connectivity index (χ3v) is 2.73. The normalized spacial score (nSPS) is 10.3. The van der Waals surface area contributed by atoms with Crippen molar-refractivity contribution in [3.8, 4) is 0 Å². The van der Waals surface area contributed by atoms with Crippen molar-refractivity contribution >= 4 is 11.6 Å². The Morgan fingerprint density at radius 2 is 2.22 bits per heavy atom. The van der Waals surface area contributed by atoms with Gasteiger partial charge in [0.25, 0.3) is 5.91 Å². The van der Waals surface area contributed by atoms with Crippen molar-refractivity contribution in [2.45, 2.75) is 20.4 Å². The number of aromatic nitrogens is 3. The Labute approximate surface area is 105 Å². The Bertz CT molecular complexity index is 556. The quantitative estimate of drug-likeness (QED) is 0.749. The molecule has 6 heteroatoms. The van der Waals surface area contributed by atoms with E-state index in [0.717, 1.165) is 17.0 Å². The smallest absolute Gasteiger partial charge is 0.253 e. The lowest BCUT2D eigenvalue weighted by atomic mass is 10.2. The molecule has 0 atom stereocenters. The minimum absolute atomic E-state index is 0.199. The van der Waals surface area contributed by atoms with Crippen molar-refractivity contribution in [1.29, 1.82) is 0 Å². The molecule has 94 valence electrons. The number of carbonyl (C=O) groups is 1. The average Bonchev–Trinajstić information content (AvgIpc) is 2.66. The highest BCUT2D eigenvalue weighted by molar-refractivity contribution is 5.94. The molecule has 2 heterocycles. The molecule has 0 spiro atoms. The molecule has 0 saturated heterocycles. The summed E-state index contributed by atoms with van der Waals surface area (Å²) in [4.78, 5) is 15.8. The van der Waals surface area contributed by atoms with Crippen LogP contribution in [0.1, 0.15) is 27.3 Å². The van der Waals surface area contributed by atoms with Gasteiger partial charge in [0.05, 0.1) is 16.9 Å². The molecule has 18 heavy (non-hydrogen) atoms. The standard InChI is InChI=1S/C12H15N5O/c1-7-11(8(2)17-16-7)6-15-12(18)9-3-10(13)5-14-4-9/h3-5H,6,13H2,1-2H3,(H,15,18)(H,16,17). The van der Waals surface area contributed by atoms with Crippen LogP contribution in [0, 0.1) is 13.8 Å². The zero-order chi connectivity index (χ0) is 13.1. The molecule has 4 N–H and O–H groups in total. The topological polar surface area (TPSA) is 96.7 Å². The molecule has 0 fully saturated rings. The molecule has 0 saturated carbocycles. The molecule has 0 unspecified atom stereocenters. The van der Waals surface area contributed by atoms with E-state index in [1.54, 1.807) is 6.07 Å². The molecule has 0 aliphatic carbocycles. The number of amides is 1. The van der Waals surface area contributed by atoms with Crippen LogP contribution in [0.5, 0.6) is 0 Å². The van der Waals surface area contributed by atoms with E-state index in [1.807, 2.05) is 13.8 Å². The summed E-state index contributed by atoms with van der Waals surface area (Å²) >= 11 is 0. The van der Waals surface area contributed by atoms with E-state index in [2.05, 4.69) is 20.5 Å². The Hall–Kier alpha value is -2.37. The fourth-order valence-electron chi connectivity index (χ4n) is 1.69. The van der Waals surface area contributed by atoms with Crippen LogP contribution in [-0.2, 0) is 6.54 Å². The molecule has 6 nitrogen and oxygen atoms in total. The number of carbonyl (C=O) groups excluding carboxylic acids is 1. The molecular formula is C12H15N5O. The Morgan fingerprint density at radius 3 is 2.83 bits per heavy atom. The van der Waals surface area contributed by atoms with E-state index in [4.69, 9.17) is 5.73 Å². The van der Waals surface area contributed by atoms with E-state index in [-0.39, 0.29) is 5.91 Å². The first kappa shape index (κ1) is 12.1. The predicted molar refractivity (Wildman–Crippen MR) is 67.9 cm³/mol. The van der Waals surface area contributed by atoms with Crippen LogP contribution < -0.4 is 11.1 Å². The largest absolute Gasteiger partial charge is 0.397 e. The number of pyridine rings is 1. The number of anilines is 1. The summed E-state index contributed by atoms with van der Waals surface area (Å²) in [6, 6.07) is 1.59. The summed E-state index contributed by atoms with van der Waals surface area (Å²) in [5.74, 6) is -0.199. The number of hydrogen-bond acceptors (Lipinski definition) is 4. The molecule has 1 amide bonds. The van der Waals surface area contributed by atoms with Crippen LogP contribution in [0.25, 0.3) is 0 Å². The molecule has 2 rings (SSSR count). The summed E-state index contributed by atoms with van der Waals surface area (Å²) in [6.07, 6.45) is 2.99. The van der Waals surface area contributed by atoms with Gasteiger partial charge in [-0.2, -0.15) is 5.10 Å². The van der Waals surface area contributed by atoms with Gasteiger partial charge in [-0.05, 0) is 19.9 Å². The van der Waals surface area contributed by atoms with Gasteiger partial charge in [0.2, 0.25) is 0 Å². The molecule has 2 aromatic heterocycles. The van der Waals surface area contributed by atoms with E-state index in [0.29, 0.717) is 17.8 Å². The zero-order valence-corrected chi connectivity index (χ0v) is 10.3. The highest BCUT2D eigenvalue weighted by Crippen LogP contribution is 2.09. The van der Waals surface area contributed by atoms with Crippen LogP contribution in [-0.4, -0.2) is 21.1 Å². The number of aryl methyl sites for hydroxylation is 2. The summed E-state index contributed by atoms with van der Waals surface area (Å²) in [5.41, 5.74) is 9.35. The van der Waals surface area contributed by atoms with Crippen LogP contribution in [0.15, 0.2) is 18.5 Å². The van der Waals surface area contributed by atoms with E-state index in [1.165, 1.54) is 12.4 Å². The van der Waals surface area contributed by atoms with Gasteiger partial charge in [-0.1, -0.05) is 0 Å². The molecule has 0 radical (unpaired) electrons. The van der Waals surface area contributed by atoms with Crippen molar-refractivity contribution in [2.24, 2.45) is 0 Å². The summed E-state index contributed by atoms with van der Waals surface area (Å²) in [7, 11) is 0. The van der Waals surface area contributed by atoms with Gasteiger partial charge in [-0.25, -0.2) is 0 Å². The first-order chi connectivity index (χ1) is 8.58. The minimum atomic E-state index is -0.199. The second-order valence-corrected chi connectivity index (χ2v) is 4.10. The number of rotatable bonds is 3. The second-order valence-electron chi connectivity index (χ2n) is 4.10. The number of nitrogens with two attached hydrogens (primary N) is 1.